The molecule has 0 saturated heterocycles. The molecule has 0 radical (unpaired) electrons. The number of fused-ring (bicyclic) bond motifs is 1. The maximum absolute atomic E-state index is 13.6. The van der Waals surface area contributed by atoms with Crippen molar-refractivity contribution >= 4 is 29.4 Å². The third-order valence-electron chi connectivity index (χ3n) is 6.94. The number of carbonyl (C=O) groups is 2. The molecule has 3 rings (SSSR count). The van der Waals surface area contributed by atoms with Gasteiger partial charge in [0.15, 0.2) is 0 Å². The second kappa shape index (κ2) is 10.7. The van der Waals surface area contributed by atoms with E-state index in [1.54, 1.807) is 13.8 Å². The predicted octanol–water partition coefficient (Wildman–Crippen LogP) is 7.13. The highest BCUT2D eigenvalue weighted by Crippen LogP contribution is 2.37. The molecule has 1 unspecified atom stereocenters. The molecule has 2 N–H and O–H groups in total. The van der Waals surface area contributed by atoms with Crippen molar-refractivity contribution in [1.29, 1.82) is 0 Å². The Morgan fingerprint density at radius 3 is 2.14 bits per heavy atom. The molecule has 2 amide bonds. The van der Waals surface area contributed by atoms with E-state index in [0.29, 0.717) is 0 Å². The summed E-state index contributed by atoms with van der Waals surface area (Å²) in [5.41, 5.74) is 4.56. The highest BCUT2D eigenvalue weighted by atomic mass is 32.2. The summed E-state index contributed by atoms with van der Waals surface area (Å²) < 4.78 is -0.893. The molecular weight excluding hydrogens is 456 g/mol. The Morgan fingerprint density at radius 2 is 1.60 bits per heavy atom. The summed E-state index contributed by atoms with van der Waals surface area (Å²) in [6.07, 6.45) is 3.39. The number of nitrogens with zero attached hydrogens (tertiary/aromatic N) is 1. The van der Waals surface area contributed by atoms with Crippen LogP contribution in [0, 0.1) is 0 Å². The average molecular weight is 497 g/mol. The average Bonchev–Trinajstić information content (AvgIpc) is 3.19. The van der Waals surface area contributed by atoms with E-state index in [1.165, 1.54) is 28.5 Å². The van der Waals surface area contributed by atoms with Gasteiger partial charge in [-0.3, -0.25) is 4.79 Å². The van der Waals surface area contributed by atoms with Gasteiger partial charge in [0.1, 0.15) is 4.75 Å². The molecule has 1 aliphatic carbocycles. The lowest BCUT2D eigenvalue weighted by atomic mass is 9.87. The summed E-state index contributed by atoms with van der Waals surface area (Å²) in [6, 6.07) is 14.5. The predicted molar refractivity (Wildman–Crippen MR) is 146 cm³/mol. The van der Waals surface area contributed by atoms with Crippen LogP contribution in [0.15, 0.2) is 47.4 Å². The molecule has 1 atom stereocenters. The van der Waals surface area contributed by atoms with Crippen molar-refractivity contribution in [2.45, 2.75) is 101 Å². The number of carboxylic acid groups (broad SMARTS) is 1. The Kier molecular flexibility index (Phi) is 8.25. The minimum absolute atomic E-state index is 0.0541. The first-order valence-corrected chi connectivity index (χ1v) is 13.4. The molecule has 2 aromatic rings. The van der Waals surface area contributed by atoms with Crippen LogP contribution in [0.25, 0.3) is 0 Å². The fraction of sp³-hybridized carbons (Fsp3) is 0.517. The quantitative estimate of drug-likeness (QED) is 0.381. The zero-order chi connectivity index (χ0) is 26.0. The number of thioether (sulfide) groups is 1. The van der Waals surface area contributed by atoms with E-state index in [4.69, 9.17) is 0 Å². The van der Waals surface area contributed by atoms with E-state index in [1.807, 2.05) is 23.1 Å². The van der Waals surface area contributed by atoms with Gasteiger partial charge >= 0.3 is 12.0 Å². The molecule has 5 nitrogen and oxygen atoms in total. The van der Waals surface area contributed by atoms with Crippen LogP contribution < -0.4 is 5.32 Å². The number of anilines is 1. The first kappa shape index (κ1) is 27.1. The second-order valence-electron chi connectivity index (χ2n) is 11.0. The standard InChI is InChI=1S/C29H40N2O3S/c1-8-23(9-2)31(27(34)30-22-13-11-21(12-14-22)28(3,4)5)24-16-19-10-15-25(18-20(19)17-24)35-29(6,7)26(32)33/h10-15,18,23-24H,8-9,16-17H2,1-7H3,(H,30,34)(H,32,33). The molecule has 0 heterocycles. The fourth-order valence-electron chi connectivity index (χ4n) is 4.72. The molecule has 6 heteroatoms. The zero-order valence-corrected chi connectivity index (χ0v) is 23.0. The molecule has 0 aliphatic heterocycles. The number of rotatable bonds is 8. The largest absolute Gasteiger partial charge is 0.480 e. The third-order valence-corrected chi connectivity index (χ3v) is 8.12. The van der Waals surface area contributed by atoms with E-state index in [9.17, 15) is 14.7 Å². The van der Waals surface area contributed by atoms with E-state index in [2.05, 4.69) is 64.2 Å². The molecule has 1 aliphatic rings. The van der Waals surface area contributed by atoms with Crippen molar-refractivity contribution in [3.8, 4) is 0 Å². The summed E-state index contributed by atoms with van der Waals surface area (Å²) in [5, 5.41) is 12.6. The maximum Gasteiger partial charge on any atom is 0.322 e. The summed E-state index contributed by atoms with van der Waals surface area (Å²) in [5.74, 6) is -0.826. The molecule has 0 bridgehead atoms. The summed E-state index contributed by atoms with van der Waals surface area (Å²) >= 11 is 1.36. The van der Waals surface area contributed by atoms with Crippen LogP contribution in [0.5, 0.6) is 0 Å². The van der Waals surface area contributed by atoms with Gasteiger partial charge in [0.25, 0.3) is 0 Å². The molecule has 35 heavy (non-hydrogen) atoms. The van der Waals surface area contributed by atoms with E-state index in [0.717, 1.165) is 36.3 Å². The van der Waals surface area contributed by atoms with Gasteiger partial charge in [-0.05, 0) is 85.9 Å². The van der Waals surface area contributed by atoms with E-state index < -0.39 is 10.7 Å². The monoisotopic (exact) mass is 496 g/mol. The molecular formula is C29H40N2O3S. The van der Waals surface area contributed by atoms with Gasteiger partial charge < -0.3 is 15.3 Å². The summed E-state index contributed by atoms with van der Waals surface area (Å²) in [4.78, 5) is 28.1. The van der Waals surface area contributed by atoms with Crippen molar-refractivity contribution in [1.82, 2.24) is 4.90 Å². The SMILES string of the molecule is CCC(CC)N(C(=O)Nc1ccc(C(C)(C)C)cc1)C1Cc2ccc(SC(C)(C)C(=O)O)cc2C1. The number of carbonyl (C=O) groups excluding carboxylic acids is 1. The zero-order valence-electron chi connectivity index (χ0n) is 22.1. The summed E-state index contributed by atoms with van der Waals surface area (Å²) in [6.45, 7) is 14.3. The highest BCUT2D eigenvalue weighted by Gasteiger charge is 2.35. The van der Waals surface area contributed by atoms with Crippen LogP contribution in [-0.4, -0.2) is 38.8 Å². The summed E-state index contributed by atoms with van der Waals surface area (Å²) in [7, 11) is 0. The number of aliphatic carboxylic acids is 1. The van der Waals surface area contributed by atoms with Crippen LogP contribution in [0.2, 0.25) is 0 Å². The number of hydrogen-bond acceptors (Lipinski definition) is 3. The molecule has 190 valence electrons. The second-order valence-corrected chi connectivity index (χ2v) is 12.7. The molecule has 0 spiro atoms. The molecule has 2 aromatic carbocycles. The van der Waals surface area contributed by atoms with Crippen molar-refractivity contribution in [2.24, 2.45) is 0 Å². The highest BCUT2D eigenvalue weighted by molar-refractivity contribution is 8.01. The number of nitrogens with one attached hydrogen (secondary N) is 1. The van der Waals surface area contributed by atoms with Crippen molar-refractivity contribution in [2.75, 3.05) is 5.32 Å². The lowest BCUT2D eigenvalue weighted by Gasteiger charge is -2.36. The topological polar surface area (TPSA) is 69.6 Å². The number of urea groups is 1. The van der Waals surface area contributed by atoms with Gasteiger partial charge in [0, 0.05) is 22.7 Å². The van der Waals surface area contributed by atoms with Crippen LogP contribution in [0.1, 0.15) is 78.0 Å². The number of benzene rings is 2. The van der Waals surface area contributed by atoms with Crippen molar-refractivity contribution in [3.05, 3.63) is 59.2 Å². The van der Waals surface area contributed by atoms with Gasteiger partial charge in [-0.25, -0.2) is 4.79 Å². The number of amides is 2. The molecule has 0 saturated carbocycles. The lowest BCUT2D eigenvalue weighted by Crippen LogP contribution is -2.49. The Balaban J connectivity index is 1.79. The molecule has 0 fully saturated rings. The minimum Gasteiger partial charge on any atom is -0.480 e. The van der Waals surface area contributed by atoms with Crippen LogP contribution in [0.4, 0.5) is 10.5 Å². The van der Waals surface area contributed by atoms with Crippen LogP contribution in [0.3, 0.4) is 0 Å². The minimum atomic E-state index is -0.893. The van der Waals surface area contributed by atoms with Gasteiger partial charge in [0.2, 0.25) is 0 Å². The maximum atomic E-state index is 13.6. The third kappa shape index (κ3) is 6.40. The van der Waals surface area contributed by atoms with Crippen LogP contribution >= 0.6 is 11.8 Å². The Bertz CT molecular complexity index is 1050. The van der Waals surface area contributed by atoms with Crippen molar-refractivity contribution < 1.29 is 14.7 Å². The Morgan fingerprint density at radius 1 is 1.00 bits per heavy atom. The van der Waals surface area contributed by atoms with E-state index in [-0.39, 0.29) is 23.5 Å². The van der Waals surface area contributed by atoms with Crippen molar-refractivity contribution in [3.63, 3.8) is 0 Å². The Hall–Kier alpha value is -2.47. The van der Waals surface area contributed by atoms with Gasteiger partial charge in [0.05, 0.1) is 0 Å². The fourth-order valence-corrected chi connectivity index (χ4v) is 5.74. The van der Waals surface area contributed by atoms with Crippen LogP contribution in [-0.2, 0) is 23.1 Å². The number of carboxylic acids is 1. The molecule has 0 aromatic heterocycles. The van der Waals surface area contributed by atoms with Gasteiger partial charge in [-0.2, -0.15) is 0 Å². The lowest BCUT2D eigenvalue weighted by molar-refractivity contribution is -0.138. The first-order chi connectivity index (χ1) is 16.4. The smallest absolute Gasteiger partial charge is 0.322 e. The normalized spacial score (nSPS) is 15.7. The Labute approximate surface area is 214 Å². The van der Waals surface area contributed by atoms with Gasteiger partial charge in [-0.15, -0.1) is 11.8 Å². The van der Waals surface area contributed by atoms with Gasteiger partial charge in [-0.1, -0.05) is 52.8 Å². The van der Waals surface area contributed by atoms with E-state index >= 15 is 0 Å². The first-order valence-electron chi connectivity index (χ1n) is 12.6. The number of hydrogen-bond donors (Lipinski definition) is 2.